The number of nitrogens with zero attached hydrogens (tertiary/aromatic N) is 2. The molecule has 1 heterocycles. The predicted molar refractivity (Wildman–Crippen MR) is 103 cm³/mol. The number of hydrogen-bond acceptors (Lipinski definition) is 4. The summed E-state index contributed by atoms with van der Waals surface area (Å²) in [7, 11) is 0. The molecule has 0 saturated heterocycles. The van der Waals surface area contributed by atoms with Crippen LogP contribution in [0.4, 0.5) is 15.9 Å². The first-order valence-electron chi connectivity index (χ1n) is 8.73. The molecule has 0 atom stereocenters. The van der Waals surface area contributed by atoms with Gasteiger partial charge in [-0.25, -0.2) is 14.4 Å². The first kappa shape index (κ1) is 18.5. The van der Waals surface area contributed by atoms with Crippen LogP contribution < -0.4 is 10.6 Å². The van der Waals surface area contributed by atoms with E-state index in [1.807, 2.05) is 18.2 Å². The first-order valence-corrected chi connectivity index (χ1v) is 8.73. The summed E-state index contributed by atoms with van der Waals surface area (Å²) in [5.41, 5.74) is 3.18. The van der Waals surface area contributed by atoms with Gasteiger partial charge in [0, 0.05) is 18.3 Å². The van der Waals surface area contributed by atoms with Crippen molar-refractivity contribution in [3.8, 4) is 0 Å². The lowest BCUT2D eigenvalue weighted by Gasteiger charge is -2.14. The summed E-state index contributed by atoms with van der Waals surface area (Å²) in [6, 6.07) is 15.6. The van der Waals surface area contributed by atoms with E-state index in [1.165, 1.54) is 24.0 Å². The number of hydrogen-bond donors (Lipinski definition) is 2. The highest BCUT2D eigenvalue weighted by molar-refractivity contribution is 5.92. The Morgan fingerprint density at radius 2 is 1.81 bits per heavy atom. The highest BCUT2D eigenvalue weighted by Gasteiger charge is 2.11. The van der Waals surface area contributed by atoms with E-state index in [0.29, 0.717) is 18.3 Å². The summed E-state index contributed by atoms with van der Waals surface area (Å²) in [5, 5.41) is 6.03. The van der Waals surface area contributed by atoms with Crippen molar-refractivity contribution < 1.29 is 9.18 Å². The van der Waals surface area contributed by atoms with Crippen LogP contribution in [0.2, 0.25) is 0 Å². The van der Waals surface area contributed by atoms with Gasteiger partial charge in [-0.3, -0.25) is 4.79 Å². The minimum absolute atomic E-state index is 0.261. The molecule has 0 spiro atoms. The molecule has 0 aliphatic carbocycles. The molecule has 6 heteroatoms. The molecule has 0 aliphatic heterocycles. The van der Waals surface area contributed by atoms with Crippen LogP contribution in [-0.4, -0.2) is 15.9 Å². The Morgan fingerprint density at radius 3 is 2.56 bits per heavy atom. The minimum Gasteiger partial charge on any atom is -0.347 e. The van der Waals surface area contributed by atoms with Gasteiger partial charge in [-0.05, 0) is 35.2 Å². The molecule has 0 saturated carbocycles. The highest BCUT2D eigenvalue weighted by Crippen LogP contribution is 2.26. The Hall–Kier alpha value is -3.28. The normalized spacial score (nSPS) is 10.7. The molecule has 5 nitrogen and oxygen atoms in total. The van der Waals surface area contributed by atoms with Crippen molar-refractivity contribution in [2.75, 3.05) is 5.32 Å². The van der Waals surface area contributed by atoms with E-state index in [2.05, 4.69) is 40.5 Å². The summed E-state index contributed by atoms with van der Waals surface area (Å²) < 4.78 is 12.9. The predicted octanol–water partition coefficient (Wildman–Crippen LogP) is 4.41. The van der Waals surface area contributed by atoms with E-state index in [0.717, 1.165) is 11.3 Å². The van der Waals surface area contributed by atoms with Gasteiger partial charge in [0.1, 0.15) is 23.7 Å². The Morgan fingerprint density at radius 1 is 1.07 bits per heavy atom. The number of benzene rings is 2. The monoisotopic (exact) mass is 364 g/mol. The molecule has 1 amide bonds. The Balaban J connectivity index is 1.70. The lowest BCUT2D eigenvalue weighted by Crippen LogP contribution is -2.24. The maximum absolute atomic E-state index is 12.9. The Labute approximate surface area is 157 Å². The van der Waals surface area contributed by atoms with Gasteiger partial charge in [-0.2, -0.15) is 0 Å². The molecule has 0 bridgehead atoms. The largest absolute Gasteiger partial charge is 0.347 e. The second-order valence-electron chi connectivity index (χ2n) is 6.46. The zero-order valence-corrected chi connectivity index (χ0v) is 15.2. The van der Waals surface area contributed by atoms with Crippen molar-refractivity contribution in [1.82, 2.24) is 15.3 Å². The third-order valence-corrected chi connectivity index (χ3v) is 4.11. The number of carbonyl (C=O) groups excluding carboxylic acids is 1. The van der Waals surface area contributed by atoms with E-state index in [1.54, 1.807) is 18.2 Å². The molecule has 0 fully saturated rings. The van der Waals surface area contributed by atoms with E-state index in [4.69, 9.17) is 0 Å². The summed E-state index contributed by atoms with van der Waals surface area (Å²) in [5.74, 6) is 0.277. The van der Waals surface area contributed by atoms with Crippen LogP contribution in [0.1, 0.15) is 41.4 Å². The summed E-state index contributed by atoms with van der Waals surface area (Å²) in [6.07, 6.45) is 1.35. The fourth-order valence-electron chi connectivity index (χ4n) is 2.68. The van der Waals surface area contributed by atoms with Crippen molar-refractivity contribution in [3.63, 3.8) is 0 Å². The van der Waals surface area contributed by atoms with E-state index in [-0.39, 0.29) is 17.4 Å². The van der Waals surface area contributed by atoms with Gasteiger partial charge in [-0.1, -0.05) is 44.2 Å². The zero-order chi connectivity index (χ0) is 19.2. The van der Waals surface area contributed by atoms with Gasteiger partial charge >= 0.3 is 0 Å². The van der Waals surface area contributed by atoms with Crippen molar-refractivity contribution in [1.29, 1.82) is 0 Å². The second kappa shape index (κ2) is 8.40. The van der Waals surface area contributed by atoms with Gasteiger partial charge in [0.05, 0.1) is 0 Å². The number of aromatic nitrogens is 2. The highest BCUT2D eigenvalue weighted by atomic mass is 19.1. The Bertz CT molecular complexity index is 925. The van der Waals surface area contributed by atoms with Crippen molar-refractivity contribution in [2.45, 2.75) is 26.3 Å². The molecule has 1 aromatic heterocycles. The molecule has 0 aliphatic rings. The van der Waals surface area contributed by atoms with Crippen LogP contribution in [-0.2, 0) is 6.54 Å². The fourth-order valence-corrected chi connectivity index (χ4v) is 2.68. The number of carbonyl (C=O) groups is 1. The number of amides is 1. The van der Waals surface area contributed by atoms with Gasteiger partial charge in [0.25, 0.3) is 5.91 Å². The van der Waals surface area contributed by atoms with E-state index >= 15 is 0 Å². The number of nitrogens with one attached hydrogen (secondary N) is 2. The number of rotatable bonds is 6. The van der Waals surface area contributed by atoms with Gasteiger partial charge in [-0.15, -0.1) is 0 Å². The first-order chi connectivity index (χ1) is 13.0. The Kier molecular flexibility index (Phi) is 5.76. The van der Waals surface area contributed by atoms with Crippen LogP contribution in [0.15, 0.2) is 60.9 Å². The smallest absolute Gasteiger partial charge is 0.270 e. The third-order valence-electron chi connectivity index (χ3n) is 4.11. The zero-order valence-electron chi connectivity index (χ0n) is 15.2. The molecular weight excluding hydrogens is 343 g/mol. The van der Waals surface area contributed by atoms with Crippen LogP contribution in [0.25, 0.3) is 0 Å². The molecule has 2 N–H and O–H groups in total. The van der Waals surface area contributed by atoms with Crippen molar-refractivity contribution in [3.05, 3.63) is 83.6 Å². The van der Waals surface area contributed by atoms with E-state index < -0.39 is 0 Å². The lowest BCUT2D eigenvalue weighted by molar-refractivity contribution is 0.0946. The molecule has 0 radical (unpaired) electrons. The number of para-hydroxylation sites is 1. The van der Waals surface area contributed by atoms with E-state index in [9.17, 15) is 9.18 Å². The number of anilines is 2. The molecular formula is C21H21FN4O. The summed E-state index contributed by atoms with van der Waals surface area (Å²) in [6.45, 7) is 4.53. The van der Waals surface area contributed by atoms with Crippen molar-refractivity contribution in [2.24, 2.45) is 0 Å². The van der Waals surface area contributed by atoms with Crippen LogP contribution >= 0.6 is 0 Å². The van der Waals surface area contributed by atoms with Gasteiger partial charge in [0.2, 0.25) is 0 Å². The van der Waals surface area contributed by atoms with Crippen LogP contribution in [0, 0.1) is 5.82 Å². The molecule has 27 heavy (non-hydrogen) atoms. The average Bonchev–Trinajstić information content (AvgIpc) is 2.68. The fraction of sp³-hybridized carbons (Fsp3) is 0.190. The third kappa shape index (κ3) is 4.88. The van der Waals surface area contributed by atoms with Crippen molar-refractivity contribution >= 4 is 17.4 Å². The standard InChI is InChI=1S/C21H21FN4O/c1-14(2)17-5-3-4-6-18(17)26-20-11-19(24-13-25-20)21(27)23-12-15-7-9-16(22)10-8-15/h3-11,13-14H,12H2,1-2H3,(H,23,27)(H,24,25,26). The summed E-state index contributed by atoms with van der Waals surface area (Å²) in [4.78, 5) is 20.6. The SMILES string of the molecule is CC(C)c1ccccc1Nc1cc(C(=O)NCc2ccc(F)cc2)ncn1. The van der Waals surface area contributed by atoms with Gasteiger partial charge < -0.3 is 10.6 Å². The minimum atomic E-state index is -0.318. The van der Waals surface area contributed by atoms with Gasteiger partial charge in [0.15, 0.2) is 0 Å². The molecule has 138 valence electrons. The average molecular weight is 364 g/mol. The number of halogens is 1. The van der Waals surface area contributed by atoms with Crippen LogP contribution in [0.3, 0.4) is 0 Å². The quantitative estimate of drug-likeness (QED) is 0.680. The molecule has 3 rings (SSSR count). The lowest BCUT2D eigenvalue weighted by atomic mass is 10.0. The summed E-state index contributed by atoms with van der Waals surface area (Å²) >= 11 is 0. The molecule has 2 aromatic carbocycles. The maximum Gasteiger partial charge on any atom is 0.270 e. The molecule has 3 aromatic rings. The van der Waals surface area contributed by atoms with Crippen LogP contribution in [0.5, 0.6) is 0 Å². The molecule has 0 unspecified atom stereocenters. The maximum atomic E-state index is 12.9. The topological polar surface area (TPSA) is 66.9 Å². The second-order valence-corrected chi connectivity index (χ2v) is 6.46.